The third-order valence-electron chi connectivity index (χ3n) is 4.92. The van der Waals surface area contributed by atoms with Crippen LogP contribution in [0.4, 0.5) is 0 Å². The largest absolute Gasteiger partial charge is 0.333 e. The Morgan fingerprint density at radius 2 is 2.00 bits per heavy atom. The molecule has 1 saturated carbocycles. The number of aryl methyl sites for hydroxylation is 2. The third kappa shape index (κ3) is 2.52. The summed E-state index contributed by atoms with van der Waals surface area (Å²) in [5.41, 5.74) is 3.73. The molecule has 1 fully saturated rings. The lowest BCUT2D eigenvalue weighted by molar-refractivity contribution is 0.433. The Kier molecular flexibility index (Phi) is 3.59. The van der Waals surface area contributed by atoms with Crippen LogP contribution in [-0.4, -0.2) is 30.1 Å². The van der Waals surface area contributed by atoms with E-state index in [0.29, 0.717) is 17.8 Å². The summed E-state index contributed by atoms with van der Waals surface area (Å²) in [4.78, 5) is 9.90. The van der Waals surface area contributed by atoms with Gasteiger partial charge in [0.2, 0.25) is 5.82 Å². The van der Waals surface area contributed by atoms with Crippen LogP contribution in [0.5, 0.6) is 0 Å². The molecule has 8 heteroatoms. The van der Waals surface area contributed by atoms with Gasteiger partial charge in [-0.05, 0) is 44.9 Å². The Hall–Kier alpha value is -2.61. The highest BCUT2D eigenvalue weighted by Crippen LogP contribution is 2.33. The fraction of sp³-hybridized carbons (Fsp3) is 0.389. The molecule has 26 heavy (non-hydrogen) atoms. The Morgan fingerprint density at radius 3 is 2.77 bits per heavy atom. The average Bonchev–Trinajstić information content (AvgIpc) is 3.40. The molecular weight excluding hydrogens is 348 g/mol. The highest BCUT2D eigenvalue weighted by Gasteiger charge is 2.21. The van der Waals surface area contributed by atoms with Crippen LogP contribution in [0.25, 0.3) is 33.2 Å². The van der Waals surface area contributed by atoms with Crippen LogP contribution in [-0.2, 0) is 0 Å². The number of nitrogens with zero attached hydrogens (tertiary/aromatic N) is 6. The van der Waals surface area contributed by atoms with Crippen LogP contribution >= 0.6 is 11.3 Å². The molecule has 0 saturated heterocycles. The molecule has 1 aromatic carbocycles. The quantitative estimate of drug-likeness (QED) is 0.536. The van der Waals surface area contributed by atoms with Gasteiger partial charge >= 0.3 is 0 Å². The van der Waals surface area contributed by atoms with Gasteiger partial charge in [-0.1, -0.05) is 23.2 Å². The van der Waals surface area contributed by atoms with Crippen LogP contribution in [0.3, 0.4) is 0 Å². The SMILES string of the molecule is Cc1nc(C)c(-c2nc(-c3ccc4c(c3)nnn4C3CCCC3)no2)s1. The molecule has 3 aromatic heterocycles. The Morgan fingerprint density at radius 1 is 1.15 bits per heavy atom. The van der Waals surface area contributed by atoms with Gasteiger partial charge in [0.1, 0.15) is 10.4 Å². The summed E-state index contributed by atoms with van der Waals surface area (Å²) in [6.07, 6.45) is 4.91. The molecule has 0 amide bonds. The van der Waals surface area contributed by atoms with E-state index in [0.717, 1.165) is 32.2 Å². The van der Waals surface area contributed by atoms with Crippen molar-refractivity contribution < 1.29 is 4.52 Å². The summed E-state index contributed by atoms with van der Waals surface area (Å²) < 4.78 is 7.53. The molecule has 1 aliphatic carbocycles. The van der Waals surface area contributed by atoms with Crippen LogP contribution in [0.15, 0.2) is 22.7 Å². The third-order valence-corrected chi connectivity index (χ3v) is 5.98. The van der Waals surface area contributed by atoms with E-state index in [-0.39, 0.29) is 0 Å². The number of benzene rings is 1. The minimum Gasteiger partial charge on any atom is -0.333 e. The van der Waals surface area contributed by atoms with Crippen molar-refractivity contribution in [1.29, 1.82) is 0 Å². The van der Waals surface area contributed by atoms with Crippen molar-refractivity contribution in [3.05, 3.63) is 28.9 Å². The van der Waals surface area contributed by atoms with Crippen molar-refractivity contribution in [3.63, 3.8) is 0 Å². The molecule has 5 rings (SSSR count). The molecule has 0 atom stereocenters. The predicted octanol–water partition coefficient (Wildman–Crippen LogP) is 4.34. The number of thiazole rings is 1. The topological polar surface area (TPSA) is 82.5 Å². The van der Waals surface area contributed by atoms with Crippen molar-refractivity contribution in [2.75, 3.05) is 0 Å². The van der Waals surface area contributed by atoms with Crippen LogP contribution in [0, 0.1) is 13.8 Å². The highest BCUT2D eigenvalue weighted by atomic mass is 32.1. The average molecular weight is 366 g/mol. The van der Waals surface area contributed by atoms with E-state index >= 15 is 0 Å². The van der Waals surface area contributed by atoms with Gasteiger partial charge in [-0.3, -0.25) is 0 Å². The molecule has 1 aliphatic rings. The Bertz CT molecular complexity index is 1090. The molecule has 0 N–H and O–H groups in total. The van der Waals surface area contributed by atoms with Crippen molar-refractivity contribution in [3.8, 4) is 22.2 Å². The lowest BCUT2D eigenvalue weighted by atomic mass is 10.1. The van der Waals surface area contributed by atoms with Crippen molar-refractivity contribution in [1.82, 2.24) is 30.1 Å². The Balaban J connectivity index is 1.50. The number of aromatic nitrogens is 6. The first-order valence-electron chi connectivity index (χ1n) is 8.82. The van der Waals surface area contributed by atoms with E-state index in [1.807, 2.05) is 26.0 Å². The molecular formula is C18H18N6OS. The number of hydrogen-bond donors (Lipinski definition) is 0. The van der Waals surface area contributed by atoms with E-state index in [1.54, 1.807) is 11.3 Å². The maximum Gasteiger partial charge on any atom is 0.270 e. The molecule has 7 nitrogen and oxygen atoms in total. The summed E-state index contributed by atoms with van der Waals surface area (Å²) in [5.74, 6) is 1.07. The fourth-order valence-corrected chi connectivity index (χ4v) is 4.50. The number of fused-ring (bicyclic) bond motifs is 1. The number of rotatable bonds is 3. The molecule has 4 aromatic rings. The van der Waals surface area contributed by atoms with E-state index in [9.17, 15) is 0 Å². The maximum absolute atomic E-state index is 5.47. The van der Waals surface area contributed by atoms with Gasteiger partial charge in [-0.25, -0.2) is 9.67 Å². The van der Waals surface area contributed by atoms with Gasteiger partial charge < -0.3 is 4.52 Å². The molecule has 0 bridgehead atoms. The van der Waals surface area contributed by atoms with E-state index in [4.69, 9.17) is 4.52 Å². The van der Waals surface area contributed by atoms with Crippen LogP contribution in [0.1, 0.15) is 42.4 Å². The Labute approximate surface area is 154 Å². The van der Waals surface area contributed by atoms with Gasteiger partial charge in [0.25, 0.3) is 5.89 Å². The summed E-state index contributed by atoms with van der Waals surface area (Å²) in [6, 6.07) is 6.52. The zero-order chi connectivity index (χ0) is 17.7. The normalized spacial score (nSPS) is 15.3. The van der Waals surface area contributed by atoms with E-state index in [1.165, 1.54) is 25.7 Å². The molecule has 132 valence electrons. The standard InChI is InChI=1S/C18H18N6OS/c1-10-16(26-11(2)19-10)18-20-17(22-25-18)12-7-8-15-14(9-12)21-23-24(15)13-5-3-4-6-13/h7-9,13H,3-6H2,1-2H3. The lowest BCUT2D eigenvalue weighted by Gasteiger charge is -2.09. The van der Waals surface area contributed by atoms with E-state index in [2.05, 4.69) is 36.2 Å². The first-order valence-corrected chi connectivity index (χ1v) is 9.64. The van der Waals surface area contributed by atoms with Gasteiger partial charge in [0, 0.05) is 5.56 Å². The van der Waals surface area contributed by atoms with Gasteiger partial charge in [0.15, 0.2) is 0 Å². The van der Waals surface area contributed by atoms with Gasteiger partial charge in [-0.2, -0.15) is 4.98 Å². The number of hydrogen-bond acceptors (Lipinski definition) is 7. The summed E-state index contributed by atoms with van der Waals surface area (Å²) in [5, 5.41) is 13.9. The first-order chi connectivity index (χ1) is 12.7. The smallest absolute Gasteiger partial charge is 0.270 e. The predicted molar refractivity (Wildman–Crippen MR) is 98.9 cm³/mol. The van der Waals surface area contributed by atoms with E-state index < -0.39 is 0 Å². The zero-order valence-electron chi connectivity index (χ0n) is 14.6. The van der Waals surface area contributed by atoms with Crippen molar-refractivity contribution in [2.45, 2.75) is 45.6 Å². The minimum absolute atomic E-state index is 0.472. The fourth-order valence-electron chi connectivity index (χ4n) is 3.66. The molecule has 0 radical (unpaired) electrons. The highest BCUT2D eigenvalue weighted by molar-refractivity contribution is 7.15. The summed E-state index contributed by atoms with van der Waals surface area (Å²) >= 11 is 1.56. The molecule has 0 spiro atoms. The second-order valence-corrected chi connectivity index (χ2v) is 7.95. The second-order valence-electron chi connectivity index (χ2n) is 6.75. The first kappa shape index (κ1) is 15.6. The monoisotopic (exact) mass is 366 g/mol. The molecule has 0 unspecified atom stereocenters. The zero-order valence-corrected chi connectivity index (χ0v) is 15.5. The van der Waals surface area contributed by atoms with Gasteiger partial charge in [-0.15, -0.1) is 16.4 Å². The van der Waals surface area contributed by atoms with Gasteiger partial charge in [0.05, 0.1) is 22.3 Å². The summed E-state index contributed by atoms with van der Waals surface area (Å²) in [6.45, 7) is 3.93. The molecule has 3 heterocycles. The van der Waals surface area contributed by atoms with Crippen molar-refractivity contribution >= 4 is 22.4 Å². The molecule has 0 aliphatic heterocycles. The second kappa shape index (κ2) is 5.98. The summed E-state index contributed by atoms with van der Waals surface area (Å²) in [7, 11) is 0. The maximum atomic E-state index is 5.47. The van der Waals surface area contributed by atoms with Crippen LogP contribution < -0.4 is 0 Å². The minimum atomic E-state index is 0.472. The van der Waals surface area contributed by atoms with Crippen molar-refractivity contribution in [2.24, 2.45) is 0 Å². The lowest BCUT2D eigenvalue weighted by Crippen LogP contribution is -2.06. The van der Waals surface area contributed by atoms with Crippen LogP contribution in [0.2, 0.25) is 0 Å².